The molecule has 1 aliphatic carbocycles. The maximum absolute atomic E-state index is 12.9. The van der Waals surface area contributed by atoms with Crippen LogP contribution in [-0.4, -0.2) is 35.8 Å². The summed E-state index contributed by atoms with van der Waals surface area (Å²) in [6.07, 6.45) is 9.66. The van der Waals surface area contributed by atoms with Gasteiger partial charge in [-0.3, -0.25) is 9.59 Å². The van der Waals surface area contributed by atoms with Crippen molar-refractivity contribution in [1.29, 1.82) is 0 Å². The second-order valence-corrected chi connectivity index (χ2v) is 6.64. The van der Waals surface area contributed by atoms with Gasteiger partial charge in [0.15, 0.2) is 5.76 Å². The van der Waals surface area contributed by atoms with Crippen LogP contribution in [0.25, 0.3) is 0 Å². The molecule has 0 radical (unpaired) electrons. The third-order valence-electron chi connectivity index (χ3n) is 5.08. The van der Waals surface area contributed by atoms with Gasteiger partial charge in [-0.2, -0.15) is 0 Å². The summed E-state index contributed by atoms with van der Waals surface area (Å²) >= 11 is 0. The van der Waals surface area contributed by atoms with E-state index in [9.17, 15) is 9.59 Å². The lowest BCUT2D eigenvalue weighted by Gasteiger charge is -2.39. The Morgan fingerprint density at radius 1 is 1.13 bits per heavy atom. The van der Waals surface area contributed by atoms with Crippen molar-refractivity contribution in [3.63, 3.8) is 0 Å². The fourth-order valence-corrected chi connectivity index (χ4v) is 3.85. The molecule has 23 heavy (non-hydrogen) atoms. The van der Waals surface area contributed by atoms with Gasteiger partial charge < -0.3 is 14.6 Å². The molecule has 3 rings (SSSR count). The number of carbonyl (C=O) groups excluding carboxylic acids is 2. The first-order chi connectivity index (χ1) is 11.3. The number of amides is 2. The molecule has 2 aliphatic rings. The van der Waals surface area contributed by atoms with Crippen LogP contribution in [-0.2, 0) is 4.79 Å². The molecule has 1 saturated heterocycles. The molecule has 2 fully saturated rings. The molecule has 5 heteroatoms. The molecule has 1 N–H and O–H groups in total. The lowest BCUT2D eigenvalue weighted by atomic mass is 9.82. The van der Waals surface area contributed by atoms with E-state index in [1.165, 1.54) is 6.26 Å². The molecular formula is C18H26N2O3. The molecular weight excluding hydrogens is 292 g/mol. The summed E-state index contributed by atoms with van der Waals surface area (Å²) in [6.45, 7) is 1.47. The van der Waals surface area contributed by atoms with E-state index in [-0.39, 0.29) is 23.8 Å². The standard InChI is InChI=1S/C18H26N2O3/c21-17-14-8-3-4-9-15(14)20(12-6-2-1-5-11-19-17)18(22)16-10-7-13-23-16/h7,10,13-15H,1-6,8-9,11-12H2,(H,19,21)/t14-,15+/m1/s1. The third-order valence-corrected chi connectivity index (χ3v) is 5.08. The molecule has 0 bridgehead atoms. The van der Waals surface area contributed by atoms with Gasteiger partial charge in [0.05, 0.1) is 12.2 Å². The van der Waals surface area contributed by atoms with Gasteiger partial charge in [-0.1, -0.05) is 25.7 Å². The number of hydrogen-bond donors (Lipinski definition) is 1. The highest BCUT2D eigenvalue weighted by Gasteiger charge is 2.37. The number of nitrogens with zero attached hydrogens (tertiary/aromatic N) is 1. The molecule has 0 aromatic carbocycles. The van der Waals surface area contributed by atoms with Crippen molar-refractivity contribution in [3.05, 3.63) is 24.2 Å². The average Bonchev–Trinajstić information content (AvgIpc) is 3.10. The normalized spacial score (nSPS) is 26.8. The predicted octanol–water partition coefficient (Wildman–Crippen LogP) is 2.97. The van der Waals surface area contributed by atoms with Crippen molar-refractivity contribution in [2.45, 2.75) is 57.4 Å². The molecule has 126 valence electrons. The molecule has 1 saturated carbocycles. The lowest BCUT2D eigenvalue weighted by molar-refractivity contribution is -0.128. The summed E-state index contributed by atoms with van der Waals surface area (Å²) < 4.78 is 5.32. The second-order valence-electron chi connectivity index (χ2n) is 6.64. The van der Waals surface area contributed by atoms with Crippen molar-refractivity contribution in [2.75, 3.05) is 13.1 Å². The zero-order chi connectivity index (χ0) is 16.1. The Hall–Kier alpha value is -1.78. The lowest BCUT2D eigenvalue weighted by Crippen LogP contribution is -2.51. The van der Waals surface area contributed by atoms with Crippen LogP contribution in [0.4, 0.5) is 0 Å². The zero-order valence-electron chi connectivity index (χ0n) is 13.6. The number of carbonyl (C=O) groups is 2. The molecule has 1 aliphatic heterocycles. The van der Waals surface area contributed by atoms with Gasteiger partial charge in [0.2, 0.25) is 5.91 Å². The Morgan fingerprint density at radius 3 is 2.78 bits per heavy atom. The van der Waals surface area contributed by atoms with E-state index in [4.69, 9.17) is 4.42 Å². The maximum Gasteiger partial charge on any atom is 0.289 e. The Labute approximate surface area is 137 Å². The summed E-state index contributed by atoms with van der Waals surface area (Å²) in [5.74, 6) is 0.346. The molecule has 2 amide bonds. The van der Waals surface area contributed by atoms with Gasteiger partial charge in [-0.15, -0.1) is 0 Å². The van der Waals surface area contributed by atoms with Crippen LogP contribution >= 0.6 is 0 Å². The van der Waals surface area contributed by atoms with Crippen LogP contribution < -0.4 is 5.32 Å². The number of nitrogens with one attached hydrogen (secondary N) is 1. The Kier molecular flexibility index (Phi) is 5.36. The van der Waals surface area contributed by atoms with Crippen molar-refractivity contribution >= 4 is 11.8 Å². The van der Waals surface area contributed by atoms with Gasteiger partial charge in [0, 0.05) is 19.1 Å². The summed E-state index contributed by atoms with van der Waals surface area (Å²) in [4.78, 5) is 27.3. The Bertz CT molecular complexity index is 526. The van der Waals surface area contributed by atoms with Crippen molar-refractivity contribution in [1.82, 2.24) is 10.2 Å². The maximum atomic E-state index is 12.9. The molecule has 0 unspecified atom stereocenters. The van der Waals surface area contributed by atoms with Gasteiger partial charge >= 0.3 is 0 Å². The minimum Gasteiger partial charge on any atom is -0.459 e. The predicted molar refractivity (Wildman–Crippen MR) is 87.0 cm³/mol. The van der Waals surface area contributed by atoms with E-state index >= 15 is 0 Å². The third kappa shape index (κ3) is 3.77. The second kappa shape index (κ2) is 7.66. The first-order valence-electron chi connectivity index (χ1n) is 8.89. The largest absolute Gasteiger partial charge is 0.459 e. The minimum atomic E-state index is -0.0826. The van der Waals surface area contributed by atoms with Crippen molar-refractivity contribution in [3.8, 4) is 0 Å². The van der Waals surface area contributed by atoms with Gasteiger partial charge in [0.1, 0.15) is 0 Å². The number of furan rings is 1. The molecule has 0 spiro atoms. The first-order valence-corrected chi connectivity index (χ1v) is 8.89. The topological polar surface area (TPSA) is 62.6 Å². The average molecular weight is 318 g/mol. The van der Waals surface area contributed by atoms with Gasteiger partial charge in [-0.05, 0) is 37.8 Å². The first kappa shape index (κ1) is 16.1. The quantitative estimate of drug-likeness (QED) is 0.866. The zero-order valence-corrected chi connectivity index (χ0v) is 13.6. The van der Waals surface area contributed by atoms with Crippen LogP contribution in [0.15, 0.2) is 22.8 Å². The van der Waals surface area contributed by atoms with Crippen LogP contribution in [0.5, 0.6) is 0 Å². The van der Waals surface area contributed by atoms with E-state index in [0.717, 1.165) is 57.9 Å². The van der Waals surface area contributed by atoms with E-state index in [1.54, 1.807) is 12.1 Å². The van der Waals surface area contributed by atoms with Crippen molar-refractivity contribution < 1.29 is 14.0 Å². The fourth-order valence-electron chi connectivity index (χ4n) is 3.85. The van der Waals surface area contributed by atoms with Gasteiger partial charge in [0.25, 0.3) is 5.91 Å². The summed E-state index contributed by atoms with van der Waals surface area (Å²) in [7, 11) is 0. The Balaban J connectivity index is 1.85. The monoisotopic (exact) mass is 318 g/mol. The number of hydrogen-bond acceptors (Lipinski definition) is 3. The molecule has 2 heterocycles. The highest BCUT2D eigenvalue weighted by Crippen LogP contribution is 2.30. The smallest absolute Gasteiger partial charge is 0.289 e. The molecule has 1 aromatic heterocycles. The molecule has 2 atom stereocenters. The highest BCUT2D eigenvalue weighted by atomic mass is 16.3. The fraction of sp³-hybridized carbons (Fsp3) is 0.667. The van der Waals surface area contributed by atoms with E-state index in [1.807, 2.05) is 4.90 Å². The summed E-state index contributed by atoms with van der Waals surface area (Å²) in [5, 5.41) is 3.07. The summed E-state index contributed by atoms with van der Waals surface area (Å²) in [5.41, 5.74) is 0. The minimum absolute atomic E-state index is 0.000509. The van der Waals surface area contributed by atoms with E-state index < -0.39 is 0 Å². The van der Waals surface area contributed by atoms with Crippen molar-refractivity contribution in [2.24, 2.45) is 5.92 Å². The van der Waals surface area contributed by atoms with E-state index in [2.05, 4.69) is 5.32 Å². The molecule has 1 aromatic rings. The van der Waals surface area contributed by atoms with Gasteiger partial charge in [-0.25, -0.2) is 0 Å². The molecule has 5 nitrogen and oxygen atoms in total. The summed E-state index contributed by atoms with van der Waals surface area (Å²) in [6, 6.07) is 3.45. The number of fused-ring (bicyclic) bond motifs is 1. The Morgan fingerprint density at radius 2 is 1.96 bits per heavy atom. The van der Waals surface area contributed by atoms with Crippen LogP contribution in [0.2, 0.25) is 0 Å². The van der Waals surface area contributed by atoms with Crippen LogP contribution in [0.1, 0.15) is 61.9 Å². The number of rotatable bonds is 1. The van der Waals surface area contributed by atoms with E-state index in [0.29, 0.717) is 12.3 Å². The van der Waals surface area contributed by atoms with Crippen LogP contribution in [0, 0.1) is 5.92 Å². The highest BCUT2D eigenvalue weighted by molar-refractivity contribution is 5.92. The van der Waals surface area contributed by atoms with Crippen LogP contribution in [0.3, 0.4) is 0 Å². The SMILES string of the molecule is O=C1NCCCCCCN(C(=O)c2ccco2)[C@H]2CCCC[C@@H]12.